The number of carbonyl (C=O) groups is 1. The molecule has 0 aromatic heterocycles. The molecule has 0 unspecified atom stereocenters. The van der Waals surface area contributed by atoms with Gasteiger partial charge in [-0.3, -0.25) is 4.79 Å². The highest BCUT2D eigenvalue weighted by Gasteiger charge is 2.05. The molecule has 4 nitrogen and oxygen atoms in total. The molecular weight excluding hydrogens is 284 g/mol. The second kappa shape index (κ2) is 6.61. The molecule has 5 heteroatoms. The smallest absolute Gasteiger partial charge is 0.225 e. The van der Waals surface area contributed by atoms with E-state index < -0.39 is 0 Å². The maximum Gasteiger partial charge on any atom is 0.225 e. The van der Waals surface area contributed by atoms with Crippen molar-refractivity contribution < 1.29 is 9.53 Å². The van der Waals surface area contributed by atoms with Crippen molar-refractivity contribution in [2.75, 3.05) is 20.7 Å². The molecule has 0 heterocycles. The predicted octanol–water partition coefficient (Wildman–Crippen LogP) is 1.76. The first kappa shape index (κ1) is 14.0. The van der Waals surface area contributed by atoms with Gasteiger partial charge in [0, 0.05) is 25.1 Å². The van der Waals surface area contributed by atoms with Crippen molar-refractivity contribution in [1.29, 1.82) is 0 Å². The number of amides is 1. The number of nitrogens with two attached hydrogens (primary N) is 1. The van der Waals surface area contributed by atoms with Crippen LogP contribution in [0.15, 0.2) is 22.7 Å². The second-order valence-electron chi connectivity index (χ2n) is 3.84. The SMILES string of the molecule is CN(C)C(=O)CCOc1ccc(Br)c(CN)c1. The molecule has 94 valence electrons. The van der Waals surface area contributed by atoms with E-state index >= 15 is 0 Å². The van der Waals surface area contributed by atoms with E-state index in [1.54, 1.807) is 19.0 Å². The van der Waals surface area contributed by atoms with Gasteiger partial charge in [-0.05, 0) is 23.8 Å². The van der Waals surface area contributed by atoms with Crippen molar-refractivity contribution in [2.24, 2.45) is 5.73 Å². The lowest BCUT2D eigenvalue weighted by Crippen LogP contribution is -2.23. The fourth-order valence-electron chi connectivity index (χ4n) is 1.28. The number of rotatable bonds is 5. The molecule has 1 aromatic carbocycles. The van der Waals surface area contributed by atoms with Gasteiger partial charge in [-0.2, -0.15) is 0 Å². The van der Waals surface area contributed by atoms with Crippen LogP contribution in [-0.4, -0.2) is 31.5 Å². The molecule has 0 fully saturated rings. The maximum atomic E-state index is 11.3. The van der Waals surface area contributed by atoms with Crippen molar-refractivity contribution in [2.45, 2.75) is 13.0 Å². The van der Waals surface area contributed by atoms with Crippen LogP contribution in [0.25, 0.3) is 0 Å². The van der Waals surface area contributed by atoms with Gasteiger partial charge in [-0.15, -0.1) is 0 Å². The zero-order chi connectivity index (χ0) is 12.8. The second-order valence-corrected chi connectivity index (χ2v) is 4.70. The normalized spacial score (nSPS) is 10.1. The monoisotopic (exact) mass is 300 g/mol. The van der Waals surface area contributed by atoms with E-state index in [-0.39, 0.29) is 5.91 Å². The minimum atomic E-state index is 0.0566. The molecule has 1 amide bonds. The average molecular weight is 301 g/mol. The van der Waals surface area contributed by atoms with Gasteiger partial charge in [0.15, 0.2) is 0 Å². The molecule has 0 saturated carbocycles. The molecule has 17 heavy (non-hydrogen) atoms. The van der Waals surface area contributed by atoms with Crippen LogP contribution in [0, 0.1) is 0 Å². The average Bonchev–Trinajstić information content (AvgIpc) is 2.31. The highest BCUT2D eigenvalue weighted by Crippen LogP contribution is 2.22. The van der Waals surface area contributed by atoms with Gasteiger partial charge in [-0.1, -0.05) is 15.9 Å². The summed E-state index contributed by atoms with van der Waals surface area (Å²) in [6.45, 7) is 0.830. The quantitative estimate of drug-likeness (QED) is 0.901. The van der Waals surface area contributed by atoms with Crippen molar-refractivity contribution in [3.8, 4) is 5.75 Å². The van der Waals surface area contributed by atoms with Crippen molar-refractivity contribution >= 4 is 21.8 Å². The van der Waals surface area contributed by atoms with Crippen LogP contribution in [0.5, 0.6) is 5.75 Å². The summed E-state index contributed by atoms with van der Waals surface area (Å²) in [6, 6.07) is 5.62. The summed E-state index contributed by atoms with van der Waals surface area (Å²) in [7, 11) is 3.46. The van der Waals surface area contributed by atoms with E-state index in [4.69, 9.17) is 10.5 Å². The summed E-state index contributed by atoms with van der Waals surface area (Å²) in [6.07, 6.45) is 0.376. The number of hydrogen-bond acceptors (Lipinski definition) is 3. The molecule has 0 atom stereocenters. The molecule has 2 N–H and O–H groups in total. The lowest BCUT2D eigenvalue weighted by atomic mass is 10.2. The summed E-state index contributed by atoms with van der Waals surface area (Å²) >= 11 is 3.40. The number of ether oxygens (including phenoxy) is 1. The van der Waals surface area contributed by atoms with E-state index in [9.17, 15) is 4.79 Å². The molecule has 0 bridgehead atoms. The summed E-state index contributed by atoms with van der Waals surface area (Å²) in [5.41, 5.74) is 6.58. The van der Waals surface area contributed by atoms with Gasteiger partial charge in [0.25, 0.3) is 0 Å². The van der Waals surface area contributed by atoms with Gasteiger partial charge >= 0.3 is 0 Å². The summed E-state index contributed by atoms with van der Waals surface area (Å²) in [5.74, 6) is 0.793. The Balaban J connectivity index is 2.50. The number of carbonyl (C=O) groups excluding carboxylic acids is 1. The third-order valence-electron chi connectivity index (χ3n) is 2.32. The van der Waals surface area contributed by atoms with Crippen LogP contribution in [-0.2, 0) is 11.3 Å². The van der Waals surface area contributed by atoms with Crippen LogP contribution in [0.1, 0.15) is 12.0 Å². The molecule has 0 aliphatic rings. The van der Waals surface area contributed by atoms with E-state index in [1.807, 2.05) is 18.2 Å². The van der Waals surface area contributed by atoms with Gasteiger partial charge in [0.05, 0.1) is 13.0 Å². The Kier molecular flexibility index (Phi) is 5.44. The molecule has 0 spiro atoms. The molecule has 0 radical (unpaired) electrons. The van der Waals surface area contributed by atoms with Crippen molar-refractivity contribution in [3.63, 3.8) is 0 Å². The number of nitrogens with zero attached hydrogens (tertiary/aromatic N) is 1. The Labute approximate surface area is 110 Å². The predicted molar refractivity (Wildman–Crippen MR) is 70.8 cm³/mol. The third kappa shape index (κ3) is 4.36. The van der Waals surface area contributed by atoms with Gasteiger partial charge < -0.3 is 15.4 Å². The van der Waals surface area contributed by atoms with Crippen LogP contribution < -0.4 is 10.5 Å². The Bertz CT molecular complexity index is 394. The first-order valence-electron chi connectivity index (χ1n) is 5.36. The minimum Gasteiger partial charge on any atom is -0.493 e. The van der Waals surface area contributed by atoms with E-state index in [2.05, 4.69) is 15.9 Å². The fraction of sp³-hybridized carbons (Fsp3) is 0.417. The lowest BCUT2D eigenvalue weighted by Gasteiger charge is -2.11. The first-order chi connectivity index (χ1) is 8.04. The molecular formula is C12H17BrN2O2. The Morgan fingerprint density at radius 2 is 2.18 bits per heavy atom. The number of hydrogen-bond donors (Lipinski definition) is 1. The van der Waals surface area contributed by atoms with Crippen molar-refractivity contribution in [1.82, 2.24) is 4.90 Å². The molecule has 1 aromatic rings. The molecule has 0 aliphatic heterocycles. The highest BCUT2D eigenvalue weighted by atomic mass is 79.9. The van der Waals surface area contributed by atoms with Gasteiger partial charge in [0.1, 0.15) is 5.75 Å². The molecule has 0 saturated heterocycles. The summed E-state index contributed by atoms with van der Waals surface area (Å²) in [5, 5.41) is 0. The standard InChI is InChI=1S/C12H17BrN2O2/c1-15(2)12(16)5-6-17-10-3-4-11(13)9(7-10)8-14/h3-4,7H,5-6,8,14H2,1-2H3. The maximum absolute atomic E-state index is 11.3. The fourth-order valence-corrected chi connectivity index (χ4v) is 1.69. The van der Waals surface area contributed by atoms with Crippen LogP contribution >= 0.6 is 15.9 Å². The first-order valence-corrected chi connectivity index (χ1v) is 6.15. The Morgan fingerprint density at radius 1 is 1.47 bits per heavy atom. The number of halogens is 1. The Hall–Kier alpha value is -1.07. The molecule has 1 rings (SSSR count). The highest BCUT2D eigenvalue weighted by molar-refractivity contribution is 9.10. The van der Waals surface area contributed by atoms with Gasteiger partial charge in [-0.25, -0.2) is 0 Å². The summed E-state index contributed by atoms with van der Waals surface area (Å²) in [4.78, 5) is 12.9. The lowest BCUT2D eigenvalue weighted by molar-refractivity contribution is -0.129. The van der Waals surface area contributed by atoms with Crippen LogP contribution in [0.4, 0.5) is 0 Å². The van der Waals surface area contributed by atoms with Gasteiger partial charge in [0.2, 0.25) is 5.91 Å². The third-order valence-corrected chi connectivity index (χ3v) is 3.09. The van der Waals surface area contributed by atoms with E-state index in [0.717, 1.165) is 15.8 Å². The van der Waals surface area contributed by atoms with Crippen LogP contribution in [0.2, 0.25) is 0 Å². The zero-order valence-corrected chi connectivity index (χ0v) is 11.7. The van der Waals surface area contributed by atoms with Crippen molar-refractivity contribution in [3.05, 3.63) is 28.2 Å². The van der Waals surface area contributed by atoms with E-state index in [1.165, 1.54) is 0 Å². The largest absolute Gasteiger partial charge is 0.493 e. The summed E-state index contributed by atoms with van der Waals surface area (Å²) < 4.78 is 6.47. The molecule has 0 aliphatic carbocycles. The Morgan fingerprint density at radius 3 is 2.76 bits per heavy atom. The number of benzene rings is 1. The van der Waals surface area contributed by atoms with E-state index in [0.29, 0.717) is 19.6 Å². The zero-order valence-electron chi connectivity index (χ0n) is 10.1. The minimum absolute atomic E-state index is 0.0566. The van der Waals surface area contributed by atoms with Crippen LogP contribution in [0.3, 0.4) is 0 Å². The topological polar surface area (TPSA) is 55.6 Å².